The Morgan fingerprint density at radius 2 is 2.00 bits per heavy atom. The van der Waals surface area contributed by atoms with E-state index in [0.29, 0.717) is 12.1 Å². The summed E-state index contributed by atoms with van der Waals surface area (Å²) in [5, 5.41) is 3.28. The number of nitrogens with one attached hydrogen (secondary N) is 1. The lowest BCUT2D eigenvalue weighted by atomic mass is 10.1. The first-order chi connectivity index (χ1) is 8.69. The zero-order valence-corrected chi connectivity index (χ0v) is 10.5. The molecule has 0 aliphatic rings. The molecule has 18 heavy (non-hydrogen) atoms. The van der Waals surface area contributed by atoms with E-state index in [1.807, 2.05) is 30.3 Å². The second-order valence-corrected chi connectivity index (χ2v) is 4.17. The maximum Gasteiger partial charge on any atom is 0.126 e. The van der Waals surface area contributed by atoms with Crippen LogP contribution in [0.25, 0.3) is 0 Å². The number of anilines is 1. The topological polar surface area (TPSA) is 21.3 Å². The van der Waals surface area contributed by atoms with Crippen LogP contribution >= 0.6 is 0 Å². The van der Waals surface area contributed by atoms with Gasteiger partial charge in [-0.25, -0.2) is 4.39 Å². The molecule has 0 fully saturated rings. The number of rotatable bonds is 4. The minimum atomic E-state index is -0.167. The molecule has 2 nitrogen and oxygen atoms in total. The molecule has 0 amide bonds. The molecular weight excluding hydrogens is 229 g/mol. The van der Waals surface area contributed by atoms with Crippen molar-refractivity contribution in [3.05, 3.63) is 59.4 Å². The maximum absolute atomic E-state index is 13.1. The minimum absolute atomic E-state index is 0.167. The Bertz CT molecular complexity index is 540. The largest absolute Gasteiger partial charge is 0.497 e. The Hall–Kier alpha value is -2.03. The van der Waals surface area contributed by atoms with Crippen molar-refractivity contribution < 1.29 is 9.13 Å². The van der Waals surface area contributed by atoms with Gasteiger partial charge in [-0.05, 0) is 36.2 Å². The van der Waals surface area contributed by atoms with Gasteiger partial charge in [0, 0.05) is 18.3 Å². The first-order valence-electron chi connectivity index (χ1n) is 5.82. The molecule has 2 rings (SSSR count). The predicted molar refractivity (Wildman–Crippen MR) is 71.5 cm³/mol. The Labute approximate surface area is 106 Å². The summed E-state index contributed by atoms with van der Waals surface area (Å²) in [6.07, 6.45) is 0. The van der Waals surface area contributed by atoms with Gasteiger partial charge in [0.15, 0.2) is 0 Å². The van der Waals surface area contributed by atoms with E-state index in [0.717, 1.165) is 17.0 Å². The SMILES string of the molecule is COc1cccc(NCc2ccc(F)c(C)c2)c1. The van der Waals surface area contributed by atoms with E-state index >= 15 is 0 Å². The van der Waals surface area contributed by atoms with Crippen LogP contribution in [0.2, 0.25) is 0 Å². The fourth-order valence-electron chi connectivity index (χ4n) is 1.75. The highest BCUT2D eigenvalue weighted by molar-refractivity contribution is 5.48. The average molecular weight is 245 g/mol. The molecule has 0 atom stereocenters. The molecule has 0 aromatic heterocycles. The second kappa shape index (κ2) is 5.54. The smallest absolute Gasteiger partial charge is 0.126 e. The van der Waals surface area contributed by atoms with E-state index in [4.69, 9.17) is 4.74 Å². The van der Waals surface area contributed by atoms with Crippen LogP contribution in [0, 0.1) is 12.7 Å². The zero-order chi connectivity index (χ0) is 13.0. The van der Waals surface area contributed by atoms with Gasteiger partial charge in [-0.3, -0.25) is 0 Å². The van der Waals surface area contributed by atoms with Crippen molar-refractivity contribution in [2.24, 2.45) is 0 Å². The highest BCUT2D eigenvalue weighted by Crippen LogP contribution is 2.18. The summed E-state index contributed by atoms with van der Waals surface area (Å²) in [4.78, 5) is 0. The molecule has 0 aliphatic carbocycles. The number of methoxy groups -OCH3 is 1. The van der Waals surface area contributed by atoms with Gasteiger partial charge in [0.1, 0.15) is 11.6 Å². The maximum atomic E-state index is 13.1. The quantitative estimate of drug-likeness (QED) is 0.885. The summed E-state index contributed by atoms with van der Waals surface area (Å²) in [5.41, 5.74) is 2.70. The summed E-state index contributed by atoms with van der Waals surface area (Å²) in [7, 11) is 1.64. The number of hydrogen-bond donors (Lipinski definition) is 1. The summed E-state index contributed by atoms with van der Waals surface area (Å²) in [6.45, 7) is 2.43. The van der Waals surface area contributed by atoms with Crippen molar-refractivity contribution in [2.45, 2.75) is 13.5 Å². The van der Waals surface area contributed by atoms with Gasteiger partial charge in [0.05, 0.1) is 7.11 Å². The van der Waals surface area contributed by atoms with Crippen LogP contribution in [0.15, 0.2) is 42.5 Å². The van der Waals surface area contributed by atoms with Crippen LogP contribution in [0.5, 0.6) is 5.75 Å². The lowest BCUT2D eigenvalue weighted by Crippen LogP contribution is -2.00. The van der Waals surface area contributed by atoms with Crippen LogP contribution in [0.3, 0.4) is 0 Å². The lowest BCUT2D eigenvalue weighted by Gasteiger charge is -2.09. The van der Waals surface area contributed by atoms with E-state index in [-0.39, 0.29) is 5.82 Å². The van der Waals surface area contributed by atoms with E-state index < -0.39 is 0 Å². The number of hydrogen-bond acceptors (Lipinski definition) is 2. The summed E-state index contributed by atoms with van der Waals surface area (Å²) < 4.78 is 18.3. The normalized spacial score (nSPS) is 10.2. The number of benzene rings is 2. The first-order valence-corrected chi connectivity index (χ1v) is 5.82. The van der Waals surface area contributed by atoms with Crippen LogP contribution < -0.4 is 10.1 Å². The zero-order valence-electron chi connectivity index (χ0n) is 10.5. The molecular formula is C15H16FNO. The van der Waals surface area contributed by atoms with Crippen molar-refractivity contribution in [2.75, 3.05) is 12.4 Å². The Kier molecular flexibility index (Phi) is 3.82. The fraction of sp³-hybridized carbons (Fsp3) is 0.200. The van der Waals surface area contributed by atoms with Gasteiger partial charge in [0.2, 0.25) is 0 Å². The van der Waals surface area contributed by atoms with Crippen LogP contribution in [-0.2, 0) is 6.54 Å². The molecule has 0 saturated heterocycles. The third kappa shape index (κ3) is 3.00. The van der Waals surface area contributed by atoms with Crippen molar-refractivity contribution in [3.8, 4) is 5.75 Å². The van der Waals surface area contributed by atoms with Gasteiger partial charge < -0.3 is 10.1 Å². The number of aryl methyl sites for hydroxylation is 1. The van der Waals surface area contributed by atoms with Gasteiger partial charge in [-0.2, -0.15) is 0 Å². The molecule has 2 aromatic rings. The lowest BCUT2D eigenvalue weighted by molar-refractivity contribution is 0.415. The molecule has 0 radical (unpaired) electrons. The van der Waals surface area contributed by atoms with Crippen LogP contribution in [-0.4, -0.2) is 7.11 Å². The Morgan fingerprint density at radius 1 is 1.17 bits per heavy atom. The molecule has 1 N–H and O–H groups in total. The molecule has 0 aliphatic heterocycles. The van der Waals surface area contributed by atoms with E-state index in [1.54, 1.807) is 20.1 Å². The molecule has 0 saturated carbocycles. The molecule has 3 heteroatoms. The van der Waals surface area contributed by atoms with Crippen LogP contribution in [0.1, 0.15) is 11.1 Å². The monoisotopic (exact) mass is 245 g/mol. The van der Waals surface area contributed by atoms with E-state index in [2.05, 4.69) is 5.32 Å². The second-order valence-electron chi connectivity index (χ2n) is 4.17. The van der Waals surface area contributed by atoms with Gasteiger partial charge in [-0.1, -0.05) is 18.2 Å². The summed E-state index contributed by atoms with van der Waals surface area (Å²) in [5.74, 6) is 0.649. The van der Waals surface area contributed by atoms with Crippen molar-refractivity contribution in [3.63, 3.8) is 0 Å². The molecule has 94 valence electrons. The highest BCUT2D eigenvalue weighted by atomic mass is 19.1. The number of halogens is 1. The van der Waals surface area contributed by atoms with Crippen LogP contribution in [0.4, 0.5) is 10.1 Å². The molecule has 0 bridgehead atoms. The average Bonchev–Trinajstić information content (AvgIpc) is 2.40. The number of ether oxygens (including phenoxy) is 1. The van der Waals surface area contributed by atoms with Crippen molar-refractivity contribution >= 4 is 5.69 Å². The standard InChI is InChI=1S/C15H16FNO/c1-11-8-12(6-7-15(11)16)10-17-13-4-3-5-14(9-13)18-2/h3-9,17H,10H2,1-2H3. The summed E-state index contributed by atoms with van der Waals surface area (Å²) in [6, 6.07) is 12.9. The molecule has 0 unspecified atom stereocenters. The van der Waals surface area contributed by atoms with Gasteiger partial charge >= 0.3 is 0 Å². The Morgan fingerprint density at radius 3 is 2.72 bits per heavy atom. The predicted octanol–water partition coefficient (Wildman–Crippen LogP) is 3.75. The highest BCUT2D eigenvalue weighted by Gasteiger charge is 2.00. The van der Waals surface area contributed by atoms with Gasteiger partial charge in [-0.15, -0.1) is 0 Å². The minimum Gasteiger partial charge on any atom is -0.497 e. The third-order valence-corrected chi connectivity index (χ3v) is 2.79. The van der Waals surface area contributed by atoms with Crippen molar-refractivity contribution in [1.82, 2.24) is 0 Å². The fourth-order valence-corrected chi connectivity index (χ4v) is 1.75. The molecule has 0 heterocycles. The van der Waals surface area contributed by atoms with Crippen molar-refractivity contribution in [1.29, 1.82) is 0 Å². The summed E-state index contributed by atoms with van der Waals surface area (Å²) >= 11 is 0. The Balaban J connectivity index is 2.04. The van der Waals surface area contributed by atoms with Gasteiger partial charge in [0.25, 0.3) is 0 Å². The molecule has 2 aromatic carbocycles. The third-order valence-electron chi connectivity index (χ3n) is 2.79. The first kappa shape index (κ1) is 12.4. The van der Waals surface area contributed by atoms with E-state index in [1.165, 1.54) is 6.07 Å². The molecule has 0 spiro atoms. The van der Waals surface area contributed by atoms with E-state index in [9.17, 15) is 4.39 Å².